The minimum Gasteiger partial charge on any atom is -0.478 e. The summed E-state index contributed by atoms with van der Waals surface area (Å²) >= 11 is 0. The number of fused-ring (bicyclic) bond motifs is 1. The second-order valence-electron chi connectivity index (χ2n) is 6.31. The van der Waals surface area contributed by atoms with Gasteiger partial charge in [0.25, 0.3) is 0 Å². The van der Waals surface area contributed by atoms with Gasteiger partial charge in [-0.2, -0.15) is 0 Å². The maximum absolute atomic E-state index is 12.9. The minimum atomic E-state index is -0.954. The van der Waals surface area contributed by atoms with Crippen molar-refractivity contribution >= 4 is 23.3 Å². The smallest absolute Gasteiger partial charge is 0.335 e. The Hall–Kier alpha value is -2.82. The third-order valence-electron chi connectivity index (χ3n) is 4.25. The Bertz CT molecular complexity index is 768. The molecule has 1 atom stereocenters. The van der Waals surface area contributed by atoms with Crippen LogP contribution in [0.2, 0.25) is 0 Å². The monoisotopic (exact) mass is 324 g/mol. The van der Waals surface area contributed by atoms with E-state index in [4.69, 9.17) is 5.11 Å². The molecule has 1 aliphatic rings. The molecule has 0 bridgehead atoms. The lowest BCUT2D eigenvalue weighted by molar-refractivity contribution is -0.120. The van der Waals surface area contributed by atoms with Crippen LogP contribution in [-0.4, -0.2) is 23.0 Å². The van der Waals surface area contributed by atoms with Crippen LogP contribution < -0.4 is 10.2 Å². The number of benzene rings is 2. The number of aromatic carboxylic acids is 1. The van der Waals surface area contributed by atoms with Crippen molar-refractivity contribution in [2.75, 3.05) is 10.2 Å². The molecule has 1 unspecified atom stereocenters. The summed E-state index contributed by atoms with van der Waals surface area (Å²) in [4.78, 5) is 25.6. The van der Waals surface area contributed by atoms with Crippen LogP contribution in [0.15, 0.2) is 48.5 Å². The first-order valence-corrected chi connectivity index (χ1v) is 7.96. The molecule has 124 valence electrons. The van der Waals surface area contributed by atoms with Crippen LogP contribution >= 0.6 is 0 Å². The number of carboxylic acid groups (broad SMARTS) is 1. The zero-order valence-corrected chi connectivity index (χ0v) is 13.7. The van der Waals surface area contributed by atoms with Gasteiger partial charge in [-0.15, -0.1) is 0 Å². The first-order valence-electron chi connectivity index (χ1n) is 7.96. The average Bonchev–Trinajstić information content (AvgIpc) is 2.57. The quantitative estimate of drug-likeness (QED) is 0.905. The number of carbonyl (C=O) groups excluding carboxylic acids is 1. The number of para-hydroxylation sites is 2. The molecule has 24 heavy (non-hydrogen) atoms. The molecule has 0 aromatic heterocycles. The van der Waals surface area contributed by atoms with E-state index in [1.165, 1.54) is 0 Å². The number of nitrogens with zero attached hydrogens (tertiary/aromatic N) is 1. The fourth-order valence-electron chi connectivity index (χ4n) is 2.90. The third-order valence-corrected chi connectivity index (χ3v) is 4.25. The van der Waals surface area contributed by atoms with E-state index in [1.807, 2.05) is 38.1 Å². The zero-order valence-electron chi connectivity index (χ0n) is 13.7. The summed E-state index contributed by atoms with van der Waals surface area (Å²) in [6.07, 6.45) is 0. The molecule has 0 aliphatic carbocycles. The summed E-state index contributed by atoms with van der Waals surface area (Å²) in [6.45, 7) is 4.45. The number of nitrogens with one attached hydrogen (secondary N) is 1. The third kappa shape index (κ3) is 2.97. The standard InChI is InChI=1S/C19H20N2O3/c1-12(2)17-18(22)21(16-6-4-3-5-15(16)20-17)11-13-7-9-14(10-8-13)19(23)24/h3-10,12,17,20H,11H2,1-2H3,(H,23,24). The molecule has 2 N–H and O–H groups in total. The van der Waals surface area contributed by atoms with Gasteiger partial charge in [0, 0.05) is 0 Å². The van der Waals surface area contributed by atoms with E-state index in [-0.39, 0.29) is 23.4 Å². The number of hydrogen-bond acceptors (Lipinski definition) is 3. The molecule has 0 radical (unpaired) electrons. The van der Waals surface area contributed by atoms with E-state index in [0.717, 1.165) is 16.9 Å². The van der Waals surface area contributed by atoms with Crippen LogP contribution in [0.3, 0.4) is 0 Å². The summed E-state index contributed by atoms with van der Waals surface area (Å²) < 4.78 is 0. The van der Waals surface area contributed by atoms with Gasteiger partial charge < -0.3 is 15.3 Å². The summed E-state index contributed by atoms with van der Waals surface area (Å²) in [5.41, 5.74) is 2.93. The predicted octanol–water partition coefficient (Wildman–Crippen LogP) is 3.37. The van der Waals surface area contributed by atoms with Gasteiger partial charge >= 0.3 is 5.97 Å². The van der Waals surface area contributed by atoms with Gasteiger partial charge in [0.2, 0.25) is 5.91 Å². The van der Waals surface area contributed by atoms with Crippen molar-refractivity contribution < 1.29 is 14.7 Å². The van der Waals surface area contributed by atoms with Gasteiger partial charge in [0.1, 0.15) is 6.04 Å². The van der Waals surface area contributed by atoms with Crippen molar-refractivity contribution in [3.63, 3.8) is 0 Å². The van der Waals surface area contributed by atoms with Gasteiger partial charge in [-0.1, -0.05) is 38.1 Å². The average molecular weight is 324 g/mol. The largest absolute Gasteiger partial charge is 0.478 e. The van der Waals surface area contributed by atoms with E-state index < -0.39 is 5.97 Å². The number of rotatable bonds is 4. The van der Waals surface area contributed by atoms with Gasteiger partial charge in [-0.05, 0) is 35.7 Å². The number of carboxylic acids is 1. The fraction of sp³-hybridized carbons (Fsp3) is 0.263. The Morgan fingerprint density at radius 3 is 2.46 bits per heavy atom. The highest BCUT2D eigenvalue weighted by molar-refractivity contribution is 6.05. The molecule has 5 nitrogen and oxygen atoms in total. The molecule has 2 aromatic carbocycles. The first kappa shape index (κ1) is 16.1. The van der Waals surface area contributed by atoms with Gasteiger partial charge in [0.15, 0.2) is 0 Å². The molecule has 5 heteroatoms. The Morgan fingerprint density at radius 1 is 1.17 bits per heavy atom. The van der Waals surface area contributed by atoms with Crippen molar-refractivity contribution in [2.24, 2.45) is 5.92 Å². The minimum absolute atomic E-state index is 0.0333. The second kappa shape index (κ2) is 6.35. The highest BCUT2D eigenvalue weighted by Gasteiger charge is 2.33. The van der Waals surface area contributed by atoms with Gasteiger partial charge in [-0.3, -0.25) is 4.79 Å². The van der Waals surface area contributed by atoms with E-state index >= 15 is 0 Å². The Balaban J connectivity index is 1.92. The lowest BCUT2D eigenvalue weighted by atomic mass is 9.98. The molecule has 3 rings (SSSR count). The van der Waals surface area contributed by atoms with Crippen molar-refractivity contribution in [3.05, 3.63) is 59.7 Å². The molecule has 0 saturated heterocycles. The maximum Gasteiger partial charge on any atom is 0.335 e. The van der Waals surface area contributed by atoms with Gasteiger partial charge in [-0.25, -0.2) is 4.79 Å². The number of amides is 1. The molecule has 1 amide bonds. The molecule has 1 aliphatic heterocycles. The molecule has 0 spiro atoms. The van der Waals surface area contributed by atoms with Gasteiger partial charge in [0.05, 0.1) is 23.5 Å². The molecule has 0 saturated carbocycles. The lowest BCUT2D eigenvalue weighted by Crippen LogP contribution is -2.49. The first-order chi connectivity index (χ1) is 11.5. The van der Waals surface area contributed by atoms with E-state index in [0.29, 0.717) is 6.54 Å². The molecule has 2 aromatic rings. The summed E-state index contributed by atoms with van der Waals surface area (Å²) in [5.74, 6) is -0.751. The fourth-order valence-corrected chi connectivity index (χ4v) is 2.90. The van der Waals surface area contributed by atoms with E-state index in [2.05, 4.69) is 5.32 Å². The van der Waals surface area contributed by atoms with Crippen molar-refractivity contribution in [1.82, 2.24) is 0 Å². The van der Waals surface area contributed by atoms with Crippen molar-refractivity contribution in [1.29, 1.82) is 0 Å². The zero-order chi connectivity index (χ0) is 17.3. The van der Waals surface area contributed by atoms with Crippen molar-refractivity contribution in [2.45, 2.75) is 26.4 Å². The van der Waals surface area contributed by atoms with Crippen LogP contribution in [0.1, 0.15) is 29.8 Å². The Labute approximate surface area is 140 Å². The molecule has 1 heterocycles. The summed E-state index contributed by atoms with van der Waals surface area (Å²) in [7, 11) is 0. The lowest BCUT2D eigenvalue weighted by Gasteiger charge is -2.37. The highest BCUT2D eigenvalue weighted by atomic mass is 16.4. The Kier molecular flexibility index (Phi) is 4.25. The summed E-state index contributed by atoms with van der Waals surface area (Å²) in [6, 6.07) is 14.1. The van der Waals surface area contributed by atoms with Crippen LogP contribution in [0.5, 0.6) is 0 Å². The van der Waals surface area contributed by atoms with Crippen LogP contribution in [-0.2, 0) is 11.3 Å². The number of anilines is 2. The van der Waals surface area contributed by atoms with Crippen LogP contribution in [0.4, 0.5) is 11.4 Å². The van der Waals surface area contributed by atoms with Crippen LogP contribution in [0.25, 0.3) is 0 Å². The molecule has 0 fully saturated rings. The number of carbonyl (C=O) groups is 2. The highest BCUT2D eigenvalue weighted by Crippen LogP contribution is 2.34. The topological polar surface area (TPSA) is 69.6 Å². The second-order valence-corrected chi connectivity index (χ2v) is 6.31. The van der Waals surface area contributed by atoms with E-state index in [9.17, 15) is 9.59 Å². The number of hydrogen-bond donors (Lipinski definition) is 2. The molecular formula is C19H20N2O3. The van der Waals surface area contributed by atoms with E-state index in [1.54, 1.807) is 29.2 Å². The molecular weight excluding hydrogens is 304 g/mol. The Morgan fingerprint density at radius 2 is 1.83 bits per heavy atom. The summed E-state index contributed by atoms with van der Waals surface area (Å²) in [5, 5.41) is 12.3. The normalized spacial score (nSPS) is 16.7. The van der Waals surface area contributed by atoms with Crippen molar-refractivity contribution in [3.8, 4) is 0 Å². The SMILES string of the molecule is CC(C)C1Nc2ccccc2N(Cc2ccc(C(=O)O)cc2)C1=O. The predicted molar refractivity (Wildman–Crippen MR) is 93.3 cm³/mol. The maximum atomic E-state index is 12.9. The van der Waals surface area contributed by atoms with Crippen LogP contribution in [0, 0.1) is 5.92 Å².